The van der Waals surface area contributed by atoms with Gasteiger partial charge in [0.15, 0.2) is 0 Å². The zero-order chi connectivity index (χ0) is 13.5. The molecule has 2 rings (SSSR count). The molecular weight excluding hydrogens is 224 g/mol. The van der Waals surface area contributed by atoms with Crippen molar-refractivity contribution in [2.24, 2.45) is 5.73 Å². The number of hydrogen-bond acceptors (Lipinski definition) is 2. The lowest BCUT2D eigenvalue weighted by Gasteiger charge is -2.22. The molecule has 0 unspecified atom stereocenters. The topological polar surface area (TPSA) is 46.3 Å². The predicted octanol–water partition coefficient (Wildman–Crippen LogP) is 2.06. The molecule has 2 N–H and O–H groups in total. The summed E-state index contributed by atoms with van der Waals surface area (Å²) < 4.78 is 0. The van der Waals surface area contributed by atoms with Crippen molar-refractivity contribution in [3.63, 3.8) is 0 Å². The van der Waals surface area contributed by atoms with Crippen molar-refractivity contribution in [2.75, 3.05) is 7.05 Å². The van der Waals surface area contributed by atoms with Gasteiger partial charge in [-0.05, 0) is 55.9 Å². The number of aryl methyl sites for hydroxylation is 3. The lowest BCUT2D eigenvalue weighted by molar-refractivity contribution is -0.132. The van der Waals surface area contributed by atoms with E-state index in [-0.39, 0.29) is 5.91 Å². The predicted molar refractivity (Wildman–Crippen MR) is 73.3 cm³/mol. The first-order valence-corrected chi connectivity index (χ1v) is 6.45. The van der Waals surface area contributed by atoms with Gasteiger partial charge < -0.3 is 10.6 Å². The summed E-state index contributed by atoms with van der Waals surface area (Å²) in [5.74, 6) is 0.0696. The average molecular weight is 246 g/mol. The molecule has 0 aromatic heterocycles. The summed E-state index contributed by atoms with van der Waals surface area (Å²) in [5, 5.41) is 0. The van der Waals surface area contributed by atoms with E-state index in [4.69, 9.17) is 5.73 Å². The second-order valence-corrected chi connectivity index (χ2v) is 5.68. The van der Waals surface area contributed by atoms with Crippen LogP contribution in [0.3, 0.4) is 0 Å². The monoisotopic (exact) mass is 246 g/mol. The van der Waals surface area contributed by atoms with Crippen molar-refractivity contribution in [1.29, 1.82) is 0 Å². The normalized spacial score (nSPS) is 16.5. The molecule has 0 spiro atoms. The molecule has 0 atom stereocenters. The Morgan fingerprint density at radius 3 is 2.33 bits per heavy atom. The molecule has 1 aliphatic carbocycles. The van der Waals surface area contributed by atoms with Gasteiger partial charge in [0.25, 0.3) is 0 Å². The van der Waals surface area contributed by atoms with Gasteiger partial charge in [-0.3, -0.25) is 4.79 Å². The minimum atomic E-state index is -0.567. The van der Waals surface area contributed by atoms with E-state index in [0.717, 1.165) is 12.8 Å². The van der Waals surface area contributed by atoms with Crippen LogP contribution in [0.15, 0.2) is 12.1 Å². The third kappa shape index (κ3) is 2.41. The maximum atomic E-state index is 12.1. The third-order valence-corrected chi connectivity index (χ3v) is 3.92. The fourth-order valence-corrected chi connectivity index (χ4v) is 2.25. The van der Waals surface area contributed by atoms with Crippen molar-refractivity contribution < 1.29 is 4.79 Å². The van der Waals surface area contributed by atoms with Crippen molar-refractivity contribution in [3.8, 4) is 0 Å². The number of amides is 1. The van der Waals surface area contributed by atoms with Crippen LogP contribution in [0.5, 0.6) is 0 Å². The van der Waals surface area contributed by atoms with Crippen LogP contribution in [0.2, 0.25) is 0 Å². The quantitative estimate of drug-likeness (QED) is 0.887. The molecular formula is C15H22N2O. The van der Waals surface area contributed by atoms with Gasteiger partial charge in [0.05, 0.1) is 5.54 Å². The van der Waals surface area contributed by atoms with E-state index in [1.54, 1.807) is 4.90 Å². The molecule has 1 saturated carbocycles. The molecule has 0 radical (unpaired) electrons. The molecule has 0 bridgehead atoms. The van der Waals surface area contributed by atoms with Crippen LogP contribution in [0.25, 0.3) is 0 Å². The Kier molecular flexibility index (Phi) is 3.20. The number of likely N-dealkylation sites (N-methyl/N-ethyl adjacent to an activating group) is 1. The first-order chi connectivity index (χ1) is 8.33. The Bertz CT molecular complexity index is 490. The van der Waals surface area contributed by atoms with Gasteiger partial charge in [-0.25, -0.2) is 0 Å². The highest BCUT2D eigenvalue weighted by Crippen LogP contribution is 2.34. The fraction of sp³-hybridized carbons (Fsp3) is 0.533. The molecule has 3 heteroatoms. The molecule has 3 nitrogen and oxygen atoms in total. The van der Waals surface area contributed by atoms with Crippen LogP contribution in [-0.2, 0) is 11.3 Å². The first kappa shape index (κ1) is 13.1. The lowest BCUT2D eigenvalue weighted by Crippen LogP contribution is -2.43. The van der Waals surface area contributed by atoms with Gasteiger partial charge in [-0.2, -0.15) is 0 Å². The molecule has 0 aliphatic heterocycles. The Balaban J connectivity index is 2.14. The van der Waals surface area contributed by atoms with Crippen LogP contribution >= 0.6 is 0 Å². The smallest absolute Gasteiger partial charge is 0.242 e. The van der Waals surface area contributed by atoms with Crippen molar-refractivity contribution in [3.05, 3.63) is 34.4 Å². The lowest BCUT2D eigenvalue weighted by atomic mass is 10.0. The summed E-state index contributed by atoms with van der Waals surface area (Å²) >= 11 is 0. The Hall–Kier alpha value is -1.35. The Morgan fingerprint density at radius 1 is 1.22 bits per heavy atom. The first-order valence-electron chi connectivity index (χ1n) is 6.45. The molecule has 0 saturated heterocycles. The number of rotatable bonds is 3. The summed E-state index contributed by atoms with van der Waals surface area (Å²) in [6.07, 6.45) is 1.64. The van der Waals surface area contributed by atoms with Gasteiger partial charge in [-0.1, -0.05) is 12.1 Å². The molecule has 18 heavy (non-hydrogen) atoms. The van der Waals surface area contributed by atoms with Crippen LogP contribution in [-0.4, -0.2) is 23.4 Å². The molecule has 0 heterocycles. The molecule has 1 aromatic carbocycles. The zero-order valence-electron chi connectivity index (χ0n) is 11.7. The van der Waals surface area contributed by atoms with Crippen LogP contribution in [0, 0.1) is 20.8 Å². The SMILES string of the molecule is Cc1cc(C)c(CN(C)C(=O)C2(N)CC2)cc1C. The van der Waals surface area contributed by atoms with Gasteiger partial charge >= 0.3 is 0 Å². The van der Waals surface area contributed by atoms with E-state index in [2.05, 4.69) is 32.9 Å². The van der Waals surface area contributed by atoms with Crippen molar-refractivity contribution in [2.45, 2.75) is 45.7 Å². The van der Waals surface area contributed by atoms with E-state index in [0.29, 0.717) is 6.54 Å². The molecule has 1 fully saturated rings. The average Bonchev–Trinajstić information content (AvgIpc) is 3.04. The molecule has 1 aliphatic rings. The highest BCUT2D eigenvalue weighted by molar-refractivity contribution is 5.88. The molecule has 98 valence electrons. The van der Waals surface area contributed by atoms with Crippen LogP contribution in [0.4, 0.5) is 0 Å². The highest BCUT2D eigenvalue weighted by atomic mass is 16.2. The van der Waals surface area contributed by atoms with Crippen LogP contribution < -0.4 is 5.73 Å². The summed E-state index contributed by atoms with van der Waals surface area (Å²) in [7, 11) is 1.84. The number of carbonyl (C=O) groups excluding carboxylic acids is 1. The number of hydrogen-bond donors (Lipinski definition) is 1. The van der Waals surface area contributed by atoms with E-state index >= 15 is 0 Å². The van der Waals surface area contributed by atoms with E-state index in [1.165, 1.54) is 22.3 Å². The van der Waals surface area contributed by atoms with Gasteiger partial charge in [-0.15, -0.1) is 0 Å². The summed E-state index contributed by atoms with van der Waals surface area (Å²) in [6.45, 7) is 6.95. The van der Waals surface area contributed by atoms with E-state index < -0.39 is 5.54 Å². The maximum Gasteiger partial charge on any atom is 0.242 e. The minimum Gasteiger partial charge on any atom is -0.340 e. The van der Waals surface area contributed by atoms with Crippen LogP contribution in [0.1, 0.15) is 35.1 Å². The molecule has 1 aromatic rings. The van der Waals surface area contributed by atoms with Gasteiger partial charge in [0, 0.05) is 13.6 Å². The second kappa shape index (κ2) is 4.39. The number of nitrogens with two attached hydrogens (primary N) is 1. The Morgan fingerprint density at radius 2 is 1.78 bits per heavy atom. The zero-order valence-corrected chi connectivity index (χ0v) is 11.7. The second-order valence-electron chi connectivity index (χ2n) is 5.68. The standard InChI is InChI=1S/C15H22N2O/c1-10-7-12(3)13(8-11(10)2)9-17(4)14(18)15(16)5-6-15/h7-8H,5-6,9,16H2,1-4H3. The van der Waals surface area contributed by atoms with Crippen molar-refractivity contribution in [1.82, 2.24) is 4.90 Å². The number of nitrogens with zero attached hydrogens (tertiary/aromatic N) is 1. The van der Waals surface area contributed by atoms with Crippen molar-refractivity contribution >= 4 is 5.91 Å². The van der Waals surface area contributed by atoms with E-state index in [1.807, 2.05) is 7.05 Å². The number of benzene rings is 1. The Labute approximate surface area is 109 Å². The largest absolute Gasteiger partial charge is 0.340 e. The van der Waals surface area contributed by atoms with E-state index in [9.17, 15) is 4.79 Å². The summed E-state index contributed by atoms with van der Waals surface area (Å²) in [6, 6.07) is 4.35. The highest BCUT2D eigenvalue weighted by Gasteiger charge is 2.47. The fourth-order valence-electron chi connectivity index (χ4n) is 2.25. The molecule has 1 amide bonds. The van der Waals surface area contributed by atoms with Gasteiger partial charge in [0.1, 0.15) is 0 Å². The number of carbonyl (C=O) groups is 1. The summed E-state index contributed by atoms with van der Waals surface area (Å²) in [5.41, 5.74) is 10.4. The minimum absolute atomic E-state index is 0.0696. The maximum absolute atomic E-state index is 12.1. The van der Waals surface area contributed by atoms with Gasteiger partial charge in [0.2, 0.25) is 5.91 Å². The third-order valence-electron chi connectivity index (χ3n) is 3.92. The summed E-state index contributed by atoms with van der Waals surface area (Å²) in [4.78, 5) is 13.8.